The van der Waals surface area contributed by atoms with E-state index in [0.717, 1.165) is 47.8 Å². The summed E-state index contributed by atoms with van der Waals surface area (Å²) in [7, 11) is 0. The van der Waals surface area contributed by atoms with Crippen LogP contribution in [-0.4, -0.2) is 44.9 Å². The summed E-state index contributed by atoms with van der Waals surface area (Å²) >= 11 is 0. The molecule has 1 aliphatic rings. The van der Waals surface area contributed by atoms with E-state index in [4.69, 9.17) is 10.5 Å². The molecule has 1 saturated heterocycles. The summed E-state index contributed by atoms with van der Waals surface area (Å²) in [6, 6.07) is 7.54. The minimum absolute atomic E-state index is 0.0342. The van der Waals surface area contributed by atoms with Crippen molar-refractivity contribution in [2.45, 2.75) is 51.2 Å². The Morgan fingerprint density at radius 1 is 1.26 bits per heavy atom. The van der Waals surface area contributed by atoms with E-state index >= 15 is 0 Å². The lowest BCUT2D eigenvalue weighted by atomic mass is 9.99. The number of anilines is 3. The largest absolute Gasteiger partial charge is 0.472 e. The Kier molecular flexibility index (Phi) is 6.20. The third-order valence-electron chi connectivity index (χ3n) is 5.63. The summed E-state index contributed by atoms with van der Waals surface area (Å²) in [5.74, 6) is 1.21. The quantitative estimate of drug-likeness (QED) is 0.473. The maximum atomic E-state index is 10.4. The van der Waals surface area contributed by atoms with Crippen molar-refractivity contribution in [2.75, 3.05) is 24.1 Å². The van der Waals surface area contributed by atoms with Crippen LogP contribution in [0.5, 0.6) is 5.88 Å². The molecule has 8 nitrogen and oxygen atoms in total. The van der Waals surface area contributed by atoms with Crippen LogP contribution in [0.1, 0.15) is 38.2 Å². The Labute approximate surface area is 182 Å². The number of β-amino-alcohol motifs (C(OH)–C–C–N with tert-alkyl or cyclic N) is 1. The number of nitrogens with two attached hydrogens (primary N) is 1. The van der Waals surface area contributed by atoms with Gasteiger partial charge in [-0.15, -0.1) is 0 Å². The van der Waals surface area contributed by atoms with E-state index in [1.807, 2.05) is 38.1 Å². The highest BCUT2D eigenvalue weighted by Crippen LogP contribution is 2.31. The van der Waals surface area contributed by atoms with Gasteiger partial charge in [-0.25, -0.2) is 15.0 Å². The molecule has 164 valence electrons. The van der Waals surface area contributed by atoms with Crippen LogP contribution in [0.2, 0.25) is 0 Å². The Balaban J connectivity index is 1.56. The fourth-order valence-corrected chi connectivity index (χ4v) is 4.05. The van der Waals surface area contributed by atoms with Gasteiger partial charge in [0.25, 0.3) is 0 Å². The number of rotatable bonds is 4. The van der Waals surface area contributed by atoms with Crippen LogP contribution in [0.3, 0.4) is 0 Å². The first kappa shape index (κ1) is 21.3. The number of ether oxygens (including phenoxy) is 1. The van der Waals surface area contributed by atoms with E-state index in [9.17, 15) is 5.11 Å². The van der Waals surface area contributed by atoms with Crippen LogP contribution < -0.4 is 21.1 Å². The van der Waals surface area contributed by atoms with Gasteiger partial charge < -0.3 is 26.2 Å². The van der Waals surface area contributed by atoms with Crippen LogP contribution in [0.15, 0.2) is 36.8 Å². The second-order valence-corrected chi connectivity index (χ2v) is 8.55. The molecule has 0 radical (unpaired) electrons. The molecule has 0 spiro atoms. The number of pyridine rings is 1. The molecule has 0 amide bonds. The lowest BCUT2D eigenvalue weighted by Gasteiger charge is -2.23. The molecule has 4 rings (SSSR count). The number of hydrogen-bond acceptors (Lipinski definition) is 8. The van der Waals surface area contributed by atoms with E-state index in [2.05, 4.69) is 25.6 Å². The highest BCUT2D eigenvalue weighted by Gasteiger charge is 2.23. The van der Waals surface area contributed by atoms with Gasteiger partial charge >= 0.3 is 0 Å². The van der Waals surface area contributed by atoms with E-state index in [1.54, 1.807) is 6.20 Å². The van der Waals surface area contributed by atoms with Gasteiger partial charge in [-0.2, -0.15) is 0 Å². The van der Waals surface area contributed by atoms with E-state index in [-0.39, 0.29) is 6.10 Å². The first-order chi connectivity index (χ1) is 14.9. The Morgan fingerprint density at radius 2 is 2.13 bits per heavy atom. The van der Waals surface area contributed by atoms with Crippen molar-refractivity contribution >= 4 is 28.1 Å². The third-order valence-corrected chi connectivity index (χ3v) is 5.63. The third kappa shape index (κ3) is 5.21. The number of fused-ring (bicyclic) bond motifs is 1. The van der Waals surface area contributed by atoms with E-state index in [0.29, 0.717) is 30.5 Å². The van der Waals surface area contributed by atoms with Crippen molar-refractivity contribution in [3.8, 4) is 5.88 Å². The minimum Gasteiger partial charge on any atom is -0.472 e. The molecule has 3 aromatic rings. The first-order valence-electron chi connectivity index (χ1n) is 10.7. The number of aliphatic hydroxyl groups is 1. The summed E-state index contributed by atoms with van der Waals surface area (Å²) in [6.45, 7) is 5.08. The van der Waals surface area contributed by atoms with Gasteiger partial charge in [-0.3, -0.25) is 0 Å². The van der Waals surface area contributed by atoms with Crippen LogP contribution in [-0.2, 0) is 0 Å². The number of benzene rings is 1. The van der Waals surface area contributed by atoms with Crippen LogP contribution in [0.25, 0.3) is 10.9 Å². The summed E-state index contributed by atoms with van der Waals surface area (Å²) in [6.07, 6.45) is 6.86. The Bertz CT molecular complexity index is 1060. The molecule has 2 aromatic heterocycles. The average Bonchev–Trinajstić information content (AvgIpc) is 2.79. The summed E-state index contributed by atoms with van der Waals surface area (Å²) in [5.41, 5.74) is 8.49. The highest BCUT2D eigenvalue weighted by atomic mass is 16.5. The fourth-order valence-electron chi connectivity index (χ4n) is 4.05. The lowest BCUT2D eigenvalue weighted by molar-refractivity contribution is 0.0493. The first-order valence-corrected chi connectivity index (χ1v) is 10.7. The molecule has 2 unspecified atom stereocenters. The topological polar surface area (TPSA) is 118 Å². The number of hydrogen-bond donors (Lipinski definition) is 4. The number of aryl methyl sites for hydroxylation is 1. The molecule has 0 aliphatic carbocycles. The van der Waals surface area contributed by atoms with Crippen LogP contribution >= 0.6 is 0 Å². The fraction of sp³-hybridized carbons (Fsp3) is 0.435. The molecule has 0 bridgehead atoms. The van der Waals surface area contributed by atoms with E-state index < -0.39 is 5.60 Å². The van der Waals surface area contributed by atoms with Crippen molar-refractivity contribution < 1.29 is 9.84 Å². The molecule has 8 heteroatoms. The molecule has 2 atom stereocenters. The minimum atomic E-state index is -0.679. The van der Waals surface area contributed by atoms with Crippen molar-refractivity contribution in [1.29, 1.82) is 0 Å². The molecule has 1 aromatic carbocycles. The smallest absolute Gasteiger partial charge is 0.238 e. The zero-order valence-electron chi connectivity index (χ0n) is 18.1. The zero-order chi connectivity index (χ0) is 21.8. The van der Waals surface area contributed by atoms with Crippen molar-refractivity contribution in [2.24, 2.45) is 0 Å². The lowest BCUT2D eigenvalue weighted by Crippen LogP contribution is -2.40. The molecule has 1 aliphatic heterocycles. The highest BCUT2D eigenvalue weighted by molar-refractivity contribution is 5.95. The van der Waals surface area contributed by atoms with Crippen molar-refractivity contribution in [1.82, 2.24) is 20.3 Å². The number of aromatic nitrogens is 3. The van der Waals surface area contributed by atoms with Crippen molar-refractivity contribution in [3.05, 3.63) is 42.4 Å². The molecule has 31 heavy (non-hydrogen) atoms. The van der Waals surface area contributed by atoms with Gasteiger partial charge in [-0.1, -0.05) is 6.42 Å². The van der Waals surface area contributed by atoms with Crippen molar-refractivity contribution in [3.63, 3.8) is 0 Å². The zero-order valence-corrected chi connectivity index (χ0v) is 18.1. The number of nitrogens with one attached hydrogen (secondary N) is 2. The Morgan fingerprint density at radius 3 is 3.00 bits per heavy atom. The van der Waals surface area contributed by atoms with Crippen LogP contribution in [0, 0.1) is 6.92 Å². The van der Waals surface area contributed by atoms with Gasteiger partial charge in [-0.05, 0) is 62.9 Å². The molecule has 5 N–H and O–H groups in total. The van der Waals surface area contributed by atoms with Gasteiger partial charge in [0.05, 0.1) is 11.1 Å². The van der Waals surface area contributed by atoms with Crippen LogP contribution in [0.4, 0.5) is 17.2 Å². The van der Waals surface area contributed by atoms with E-state index in [1.165, 1.54) is 6.33 Å². The summed E-state index contributed by atoms with van der Waals surface area (Å²) in [4.78, 5) is 13.3. The second kappa shape index (κ2) is 9.03. The number of nitrogen functional groups attached to an aromatic ring is 1. The monoisotopic (exact) mass is 422 g/mol. The SMILES string of the molecule is Cc1cc(N)cc2ncnc(Nc3cccnc3OC3CCCCC(C)(O)CNC3)c12. The van der Waals surface area contributed by atoms with Gasteiger partial charge in [0.2, 0.25) is 5.88 Å². The maximum Gasteiger partial charge on any atom is 0.238 e. The normalized spacial score (nSPS) is 22.4. The molecular formula is C23H30N6O2. The van der Waals surface area contributed by atoms with Gasteiger partial charge in [0.1, 0.15) is 23.9 Å². The molecule has 3 heterocycles. The van der Waals surface area contributed by atoms with Gasteiger partial charge in [0, 0.05) is 30.4 Å². The predicted octanol–water partition coefficient (Wildman–Crippen LogP) is 3.32. The molecule has 0 saturated carbocycles. The Hall–Kier alpha value is -2.97. The second-order valence-electron chi connectivity index (χ2n) is 8.55. The van der Waals surface area contributed by atoms with Gasteiger partial charge in [0.15, 0.2) is 0 Å². The summed E-state index contributed by atoms with van der Waals surface area (Å²) < 4.78 is 6.30. The number of nitrogens with zero attached hydrogens (tertiary/aromatic N) is 3. The standard InChI is InChI=1S/C23H30N6O2/c1-15-10-16(24)11-19-20(15)21(28-14-27-19)29-18-7-5-9-26-22(18)31-17-6-3-4-8-23(2,30)13-25-12-17/h5,7,9-11,14,17,25,30H,3-4,6,8,12-13,24H2,1-2H3,(H,27,28,29). The molecular weight excluding hydrogens is 392 g/mol. The summed E-state index contributed by atoms with van der Waals surface area (Å²) in [5, 5.41) is 18.0. The predicted molar refractivity (Wildman–Crippen MR) is 123 cm³/mol. The average molecular weight is 423 g/mol. The maximum absolute atomic E-state index is 10.4. The molecule has 1 fully saturated rings.